The molecule has 3 aromatic rings. The number of nitrogens with zero attached hydrogens (tertiary/aromatic N) is 2. The van der Waals surface area contributed by atoms with E-state index in [1.165, 1.54) is 0 Å². The molecule has 4 nitrogen and oxygen atoms in total. The molecular formula is C13H8N2O2. The highest BCUT2D eigenvalue weighted by Gasteiger charge is 2.14. The summed E-state index contributed by atoms with van der Waals surface area (Å²) in [5.41, 5.74) is 0.926. The maximum absolute atomic E-state index is 11.0. The summed E-state index contributed by atoms with van der Waals surface area (Å²) in [6.45, 7) is 0. The fourth-order valence-electron chi connectivity index (χ4n) is 2.05. The molecule has 1 aromatic heterocycles. The summed E-state index contributed by atoms with van der Waals surface area (Å²) in [4.78, 5) is 15.0. The van der Waals surface area contributed by atoms with Gasteiger partial charge in [-0.1, -0.05) is 24.3 Å². The number of fused-ring (bicyclic) bond motifs is 3. The Morgan fingerprint density at radius 1 is 1.06 bits per heavy atom. The Bertz CT molecular complexity index is 738. The molecule has 0 spiro atoms. The highest BCUT2D eigenvalue weighted by molar-refractivity contribution is 6.09. The molecule has 3 rings (SSSR count). The average molecular weight is 224 g/mol. The molecule has 0 unspecified atom stereocenters. The molecule has 0 radical (unpaired) electrons. The highest BCUT2D eigenvalue weighted by Crippen LogP contribution is 2.31. The third kappa shape index (κ3) is 1.42. The first-order valence-corrected chi connectivity index (χ1v) is 5.18. The second-order valence-corrected chi connectivity index (χ2v) is 3.77. The van der Waals surface area contributed by atoms with E-state index in [0.717, 1.165) is 16.3 Å². The van der Waals surface area contributed by atoms with Crippen LogP contribution in [0.25, 0.3) is 21.7 Å². The van der Waals surface area contributed by atoms with Crippen molar-refractivity contribution in [3.63, 3.8) is 0 Å². The number of nitro benzene ring substituents is 1. The topological polar surface area (TPSA) is 56.0 Å². The average Bonchev–Trinajstić information content (AvgIpc) is 2.37. The number of aromatic nitrogens is 1. The minimum atomic E-state index is -0.352. The molecule has 1 heterocycles. The van der Waals surface area contributed by atoms with Crippen LogP contribution in [-0.2, 0) is 0 Å². The second kappa shape index (κ2) is 3.52. The molecule has 17 heavy (non-hydrogen) atoms. The van der Waals surface area contributed by atoms with Gasteiger partial charge in [-0.25, -0.2) is 0 Å². The number of pyridine rings is 1. The Kier molecular flexibility index (Phi) is 2.01. The van der Waals surface area contributed by atoms with Crippen molar-refractivity contribution in [3.8, 4) is 0 Å². The minimum absolute atomic E-state index is 0.126. The molecule has 0 saturated carbocycles. The molecule has 0 amide bonds. The van der Waals surface area contributed by atoms with Crippen molar-refractivity contribution in [2.45, 2.75) is 0 Å². The van der Waals surface area contributed by atoms with E-state index in [1.807, 2.05) is 18.2 Å². The summed E-state index contributed by atoms with van der Waals surface area (Å²) >= 11 is 0. The SMILES string of the molecule is O=[N+]([O-])c1cc2cccnc2c2ccccc12. The Balaban J connectivity index is 2.59. The molecule has 0 aliphatic heterocycles. The van der Waals surface area contributed by atoms with Crippen molar-refractivity contribution in [2.24, 2.45) is 0 Å². The number of rotatable bonds is 1. The first-order chi connectivity index (χ1) is 8.27. The van der Waals surface area contributed by atoms with Crippen molar-refractivity contribution in [1.29, 1.82) is 0 Å². The van der Waals surface area contributed by atoms with Gasteiger partial charge < -0.3 is 0 Å². The smallest absolute Gasteiger partial charge is 0.258 e. The van der Waals surface area contributed by atoms with Gasteiger partial charge >= 0.3 is 0 Å². The Hall–Kier alpha value is -2.49. The summed E-state index contributed by atoms with van der Waals surface area (Å²) in [7, 11) is 0. The fourth-order valence-corrected chi connectivity index (χ4v) is 2.05. The lowest BCUT2D eigenvalue weighted by molar-refractivity contribution is -0.382. The summed E-state index contributed by atoms with van der Waals surface area (Å²) in [5.74, 6) is 0. The maximum Gasteiger partial charge on any atom is 0.277 e. The first kappa shape index (κ1) is 9.72. The van der Waals surface area contributed by atoms with Crippen LogP contribution >= 0.6 is 0 Å². The third-order valence-corrected chi connectivity index (χ3v) is 2.79. The van der Waals surface area contributed by atoms with Gasteiger partial charge in [-0.2, -0.15) is 0 Å². The van der Waals surface area contributed by atoms with Crippen molar-refractivity contribution in [1.82, 2.24) is 4.98 Å². The van der Waals surface area contributed by atoms with Crippen LogP contribution in [0.5, 0.6) is 0 Å². The van der Waals surface area contributed by atoms with E-state index >= 15 is 0 Å². The van der Waals surface area contributed by atoms with Crippen LogP contribution in [0.4, 0.5) is 5.69 Å². The van der Waals surface area contributed by atoms with E-state index in [4.69, 9.17) is 0 Å². The fraction of sp³-hybridized carbons (Fsp3) is 0. The normalized spacial score (nSPS) is 10.8. The Morgan fingerprint density at radius 3 is 2.59 bits per heavy atom. The van der Waals surface area contributed by atoms with E-state index in [9.17, 15) is 10.1 Å². The van der Waals surface area contributed by atoms with Crippen molar-refractivity contribution in [3.05, 3.63) is 58.8 Å². The zero-order valence-electron chi connectivity index (χ0n) is 8.83. The van der Waals surface area contributed by atoms with Gasteiger partial charge in [0.05, 0.1) is 15.8 Å². The van der Waals surface area contributed by atoms with Gasteiger partial charge in [-0.15, -0.1) is 0 Å². The van der Waals surface area contributed by atoms with Crippen LogP contribution < -0.4 is 0 Å². The van der Waals surface area contributed by atoms with Crippen LogP contribution in [0.3, 0.4) is 0 Å². The molecule has 4 heteroatoms. The van der Waals surface area contributed by atoms with E-state index in [1.54, 1.807) is 30.5 Å². The second-order valence-electron chi connectivity index (χ2n) is 3.77. The predicted octanol–water partition coefficient (Wildman–Crippen LogP) is 3.30. The third-order valence-electron chi connectivity index (χ3n) is 2.79. The zero-order valence-corrected chi connectivity index (χ0v) is 8.83. The van der Waals surface area contributed by atoms with E-state index in [0.29, 0.717) is 5.39 Å². The predicted molar refractivity (Wildman–Crippen MR) is 65.9 cm³/mol. The summed E-state index contributed by atoms with van der Waals surface area (Å²) in [6.07, 6.45) is 1.70. The van der Waals surface area contributed by atoms with E-state index < -0.39 is 0 Å². The molecule has 82 valence electrons. The molecule has 0 fully saturated rings. The lowest BCUT2D eigenvalue weighted by Gasteiger charge is -2.03. The van der Waals surface area contributed by atoms with Crippen LogP contribution in [0.2, 0.25) is 0 Å². The molecule has 0 N–H and O–H groups in total. The molecule has 0 aliphatic rings. The lowest BCUT2D eigenvalue weighted by Crippen LogP contribution is -1.91. The minimum Gasteiger partial charge on any atom is -0.258 e. The molecule has 0 atom stereocenters. The van der Waals surface area contributed by atoms with E-state index in [2.05, 4.69) is 4.98 Å². The van der Waals surface area contributed by atoms with Crippen LogP contribution in [0.1, 0.15) is 0 Å². The zero-order chi connectivity index (χ0) is 11.8. The largest absolute Gasteiger partial charge is 0.277 e. The summed E-state index contributed by atoms with van der Waals surface area (Å²) in [5, 5.41) is 13.3. The maximum atomic E-state index is 11.0. The molecule has 0 saturated heterocycles. The molecule has 0 bridgehead atoms. The quantitative estimate of drug-likeness (QED) is 0.362. The van der Waals surface area contributed by atoms with Crippen molar-refractivity contribution >= 4 is 27.4 Å². The van der Waals surface area contributed by atoms with Crippen LogP contribution in [-0.4, -0.2) is 9.91 Å². The standard InChI is InChI=1S/C13H8N2O2/c16-15(17)12-8-9-4-3-7-14-13(9)11-6-2-1-5-10(11)12/h1-8H. The van der Waals surface area contributed by atoms with Gasteiger partial charge in [0.15, 0.2) is 0 Å². The lowest BCUT2D eigenvalue weighted by atomic mass is 10.0. The van der Waals surface area contributed by atoms with Gasteiger partial charge in [0.1, 0.15) is 0 Å². The van der Waals surface area contributed by atoms with Crippen molar-refractivity contribution < 1.29 is 4.92 Å². The number of nitro groups is 1. The van der Waals surface area contributed by atoms with Gasteiger partial charge in [0.2, 0.25) is 0 Å². The summed E-state index contributed by atoms with van der Waals surface area (Å²) in [6, 6.07) is 12.5. The van der Waals surface area contributed by atoms with Crippen molar-refractivity contribution in [2.75, 3.05) is 0 Å². The Morgan fingerprint density at radius 2 is 1.82 bits per heavy atom. The number of hydrogen-bond donors (Lipinski definition) is 0. The van der Waals surface area contributed by atoms with E-state index in [-0.39, 0.29) is 10.6 Å². The molecular weight excluding hydrogens is 216 g/mol. The van der Waals surface area contributed by atoms with Gasteiger partial charge in [0, 0.05) is 23.0 Å². The number of benzene rings is 2. The number of non-ortho nitro benzene ring substituents is 1. The number of hydrogen-bond acceptors (Lipinski definition) is 3. The van der Waals surface area contributed by atoms with Gasteiger partial charge in [-0.3, -0.25) is 15.1 Å². The highest BCUT2D eigenvalue weighted by atomic mass is 16.6. The van der Waals surface area contributed by atoms with Crippen LogP contribution in [0.15, 0.2) is 48.7 Å². The first-order valence-electron chi connectivity index (χ1n) is 5.18. The van der Waals surface area contributed by atoms with Gasteiger partial charge in [0.25, 0.3) is 5.69 Å². The van der Waals surface area contributed by atoms with Crippen LogP contribution in [0, 0.1) is 10.1 Å². The summed E-state index contributed by atoms with van der Waals surface area (Å²) < 4.78 is 0. The Labute approximate surface area is 96.7 Å². The molecule has 2 aromatic carbocycles. The van der Waals surface area contributed by atoms with Gasteiger partial charge in [-0.05, 0) is 12.1 Å². The molecule has 0 aliphatic carbocycles. The monoisotopic (exact) mass is 224 g/mol.